The van der Waals surface area contributed by atoms with Gasteiger partial charge in [0.05, 0.1) is 25.4 Å². The molecule has 0 radical (unpaired) electrons. The Hall–Kier alpha value is -1.63. The predicted molar refractivity (Wildman–Crippen MR) is 73.1 cm³/mol. The van der Waals surface area contributed by atoms with Crippen molar-refractivity contribution < 1.29 is 14.5 Å². The number of nitrogens with two attached hydrogens (primary N) is 1. The number of hydrogen-bond acceptors (Lipinski definition) is 5. The van der Waals surface area contributed by atoms with Crippen LogP contribution in [0.4, 0.5) is 0 Å². The maximum absolute atomic E-state index is 10.0. The van der Waals surface area contributed by atoms with Gasteiger partial charge in [0, 0.05) is 5.41 Å². The van der Waals surface area contributed by atoms with Crippen molar-refractivity contribution in [3.05, 3.63) is 0 Å². The summed E-state index contributed by atoms with van der Waals surface area (Å²) in [5.74, 6) is -0.929. The van der Waals surface area contributed by atoms with Crippen LogP contribution in [0.2, 0.25) is 0 Å². The topological polar surface area (TPSA) is 106 Å². The lowest BCUT2D eigenvalue weighted by atomic mass is 9.82. The van der Waals surface area contributed by atoms with E-state index in [0.29, 0.717) is 19.0 Å². The van der Waals surface area contributed by atoms with Crippen molar-refractivity contribution in [2.75, 3.05) is 13.2 Å². The second kappa shape index (κ2) is 4.19. The molecule has 112 valence electrons. The van der Waals surface area contributed by atoms with Gasteiger partial charge in [0.15, 0.2) is 10.8 Å². The highest BCUT2D eigenvalue weighted by Crippen LogP contribution is 2.85. The molecule has 1 saturated carbocycles. The first-order valence-corrected chi connectivity index (χ1v) is 7.59. The Morgan fingerprint density at radius 3 is 2.14 bits per heavy atom. The average Bonchev–Trinajstić information content (AvgIpc) is 2.76. The summed E-state index contributed by atoms with van der Waals surface area (Å²) in [5, 5.41) is 19.9. The van der Waals surface area contributed by atoms with Crippen LogP contribution in [0.1, 0.15) is 39.5 Å². The SMILES string of the molecule is CCCC1(CCC)[C@]2(C#N)C3([NH+]=C(N)[C@]12C#N)OCCO3. The molecule has 0 aromatic heterocycles. The van der Waals surface area contributed by atoms with Crippen LogP contribution < -0.4 is 10.7 Å². The molecule has 3 rings (SSSR count). The molecule has 1 aliphatic carbocycles. The number of amidine groups is 1. The summed E-state index contributed by atoms with van der Waals surface area (Å²) in [6.45, 7) is 4.93. The van der Waals surface area contributed by atoms with E-state index in [-0.39, 0.29) is 0 Å². The fourth-order valence-electron chi connectivity index (χ4n) is 5.02. The molecule has 6 heteroatoms. The molecule has 1 spiro atoms. The molecule has 6 nitrogen and oxygen atoms in total. The number of nitrogens with one attached hydrogen (secondary N) is 1. The van der Waals surface area contributed by atoms with Crippen molar-refractivity contribution in [3.8, 4) is 12.1 Å². The maximum atomic E-state index is 10.0. The van der Waals surface area contributed by atoms with Crippen LogP contribution in [0, 0.1) is 38.9 Å². The zero-order valence-electron chi connectivity index (χ0n) is 12.5. The Kier molecular flexibility index (Phi) is 2.86. The Labute approximate surface area is 124 Å². The van der Waals surface area contributed by atoms with Crippen molar-refractivity contribution in [2.45, 2.75) is 45.4 Å². The summed E-state index contributed by atoms with van der Waals surface area (Å²) in [5.41, 5.74) is 3.61. The Balaban J connectivity index is 2.23. The smallest absolute Gasteiger partial charge is 0.311 e. The van der Waals surface area contributed by atoms with E-state index in [0.717, 1.165) is 25.7 Å². The number of rotatable bonds is 4. The predicted octanol–water partition coefficient (Wildman–Crippen LogP) is -0.241. The third kappa shape index (κ3) is 1.12. The van der Waals surface area contributed by atoms with Gasteiger partial charge in [-0.05, 0) is 12.8 Å². The first-order valence-electron chi connectivity index (χ1n) is 7.59. The lowest BCUT2D eigenvalue weighted by molar-refractivity contribution is -0.678. The van der Waals surface area contributed by atoms with E-state index in [1.807, 2.05) is 0 Å². The average molecular weight is 289 g/mol. The van der Waals surface area contributed by atoms with Gasteiger partial charge in [-0.3, -0.25) is 5.73 Å². The van der Waals surface area contributed by atoms with Crippen molar-refractivity contribution >= 4 is 5.84 Å². The first-order chi connectivity index (χ1) is 10.1. The molecule has 1 saturated heterocycles. The minimum atomic E-state index is -1.26. The van der Waals surface area contributed by atoms with Crippen molar-refractivity contribution in [3.63, 3.8) is 0 Å². The van der Waals surface area contributed by atoms with Crippen LogP contribution in [-0.4, -0.2) is 25.0 Å². The largest absolute Gasteiger partial charge is 0.343 e. The maximum Gasteiger partial charge on any atom is 0.343 e. The number of hydrogen-bond donors (Lipinski definition) is 2. The fraction of sp³-hybridized carbons (Fsp3) is 0.800. The summed E-state index contributed by atoms with van der Waals surface area (Å²) in [6, 6.07) is 4.75. The molecule has 0 aromatic rings. The van der Waals surface area contributed by atoms with Gasteiger partial charge < -0.3 is 9.47 Å². The van der Waals surface area contributed by atoms with Crippen molar-refractivity contribution in [1.82, 2.24) is 0 Å². The molecule has 2 fully saturated rings. The van der Waals surface area contributed by atoms with E-state index >= 15 is 0 Å². The van der Waals surface area contributed by atoms with E-state index in [9.17, 15) is 10.5 Å². The molecule has 0 unspecified atom stereocenters. The van der Waals surface area contributed by atoms with E-state index in [1.165, 1.54) is 0 Å². The highest BCUT2D eigenvalue weighted by Gasteiger charge is 3.03. The van der Waals surface area contributed by atoms with Gasteiger partial charge in [-0.1, -0.05) is 26.7 Å². The van der Waals surface area contributed by atoms with Crippen molar-refractivity contribution in [2.24, 2.45) is 22.0 Å². The quantitative estimate of drug-likeness (QED) is 0.743. The summed E-state index contributed by atoms with van der Waals surface area (Å²) in [7, 11) is 0. The van der Waals surface area contributed by atoms with Crippen LogP contribution in [-0.2, 0) is 9.47 Å². The molecular weight excluding hydrogens is 268 g/mol. The Morgan fingerprint density at radius 2 is 1.71 bits per heavy atom. The van der Waals surface area contributed by atoms with E-state index in [2.05, 4.69) is 31.0 Å². The molecular formula is C15H21N4O2+. The molecule has 2 atom stereocenters. The minimum Gasteiger partial charge on any atom is -0.311 e. The van der Waals surface area contributed by atoms with E-state index < -0.39 is 22.2 Å². The van der Waals surface area contributed by atoms with Gasteiger partial charge in [-0.2, -0.15) is 10.5 Å². The van der Waals surface area contributed by atoms with Gasteiger partial charge in [-0.25, -0.2) is 4.99 Å². The normalized spacial score (nSPS) is 37.6. The molecule has 2 aliphatic heterocycles. The summed E-state index contributed by atoms with van der Waals surface area (Å²) in [6.07, 6.45) is 3.30. The van der Waals surface area contributed by atoms with Gasteiger partial charge in [0.1, 0.15) is 0 Å². The second-order valence-electron chi connectivity index (χ2n) is 6.16. The summed E-state index contributed by atoms with van der Waals surface area (Å²) >= 11 is 0. The van der Waals surface area contributed by atoms with Crippen LogP contribution in [0.15, 0.2) is 0 Å². The van der Waals surface area contributed by atoms with Gasteiger partial charge in [0.2, 0.25) is 0 Å². The molecule has 0 aromatic carbocycles. The zero-order valence-corrected chi connectivity index (χ0v) is 12.5. The molecule has 0 bridgehead atoms. The standard InChI is InChI=1S/C15H20N4O2/c1-3-5-12(6-4-2)13(9-16)11(18)19-15(14(12,13)10-17)20-7-8-21-15/h3-8H2,1-2H3,(H2,18,19)/p+1/t13-,14+/m1/s1. The van der Waals surface area contributed by atoms with E-state index in [1.54, 1.807) is 0 Å². The number of nitrogens with zero attached hydrogens (tertiary/aromatic N) is 2. The van der Waals surface area contributed by atoms with Crippen LogP contribution in [0.5, 0.6) is 0 Å². The van der Waals surface area contributed by atoms with Gasteiger partial charge >= 0.3 is 5.91 Å². The van der Waals surface area contributed by atoms with Crippen molar-refractivity contribution in [1.29, 1.82) is 10.5 Å². The zero-order chi connectivity index (χ0) is 15.4. The highest BCUT2D eigenvalue weighted by atomic mass is 16.8. The third-order valence-corrected chi connectivity index (χ3v) is 5.52. The van der Waals surface area contributed by atoms with Gasteiger partial charge in [0.25, 0.3) is 5.84 Å². The van der Waals surface area contributed by atoms with Crippen LogP contribution >= 0.6 is 0 Å². The molecule has 21 heavy (non-hydrogen) atoms. The summed E-state index contributed by atoms with van der Waals surface area (Å²) in [4.78, 5) is 2.99. The molecule has 3 N–H and O–H groups in total. The number of fused-ring (bicyclic) bond motifs is 2. The Bertz CT molecular complexity index is 575. The van der Waals surface area contributed by atoms with E-state index in [4.69, 9.17) is 15.2 Å². The second-order valence-corrected chi connectivity index (χ2v) is 6.16. The van der Waals surface area contributed by atoms with Gasteiger partial charge in [-0.15, -0.1) is 0 Å². The fourth-order valence-corrected chi connectivity index (χ4v) is 5.02. The third-order valence-electron chi connectivity index (χ3n) is 5.52. The van der Waals surface area contributed by atoms with Crippen LogP contribution in [0.3, 0.4) is 0 Å². The monoisotopic (exact) mass is 289 g/mol. The molecule has 3 aliphatic rings. The molecule has 2 heterocycles. The number of ether oxygens (including phenoxy) is 2. The molecule has 0 amide bonds. The lowest BCUT2D eigenvalue weighted by Crippen LogP contribution is -2.90. The minimum absolute atomic E-state index is 0.329. The number of nitriles is 2. The van der Waals surface area contributed by atoms with Crippen LogP contribution in [0.25, 0.3) is 0 Å². The highest BCUT2D eigenvalue weighted by molar-refractivity contribution is 5.95. The lowest BCUT2D eigenvalue weighted by Gasteiger charge is -2.29. The Morgan fingerprint density at radius 1 is 1.14 bits per heavy atom. The first kappa shape index (κ1) is 14.3. The summed E-state index contributed by atoms with van der Waals surface area (Å²) < 4.78 is 11.6.